The van der Waals surface area contributed by atoms with Crippen LogP contribution in [0.2, 0.25) is 0 Å². The Balaban J connectivity index is 1.46. The molecular formula is C33H30N4O2. The van der Waals surface area contributed by atoms with Crippen LogP contribution in [0.5, 0.6) is 0 Å². The molecule has 0 aliphatic heterocycles. The highest BCUT2D eigenvalue weighted by Crippen LogP contribution is 2.31. The second kappa shape index (κ2) is 9.87. The van der Waals surface area contributed by atoms with E-state index in [1.807, 2.05) is 73.7 Å². The third kappa shape index (κ3) is 4.38. The maximum Gasteiger partial charge on any atom is 0.336 e. The van der Waals surface area contributed by atoms with Gasteiger partial charge in [0.25, 0.3) is 0 Å². The fraction of sp³-hybridized carbons (Fsp3) is 0.182. The fourth-order valence-electron chi connectivity index (χ4n) is 5.27. The van der Waals surface area contributed by atoms with Crippen LogP contribution in [0.15, 0.2) is 84.9 Å². The maximum atomic E-state index is 11.7. The number of carboxylic acid groups (broad SMARTS) is 1. The topological polar surface area (TPSA) is 72.9 Å². The van der Waals surface area contributed by atoms with Crippen LogP contribution in [0, 0.1) is 6.92 Å². The van der Waals surface area contributed by atoms with Crippen LogP contribution < -0.4 is 0 Å². The van der Waals surface area contributed by atoms with Crippen molar-refractivity contribution < 1.29 is 14.0 Å². The first-order chi connectivity index (χ1) is 20.2. The normalized spacial score (nSPS) is 12.9. The predicted octanol–water partition coefficient (Wildman–Crippen LogP) is 7.26. The van der Waals surface area contributed by atoms with Crippen molar-refractivity contribution in [2.45, 2.75) is 33.2 Å². The molecule has 0 bridgehead atoms. The van der Waals surface area contributed by atoms with Gasteiger partial charge in [-0.25, -0.2) is 14.8 Å². The zero-order chi connectivity index (χ0) is 29.6. The zero-order valence-corrected chi connectivity index (χ0v) is 21.8. The van der Waals surface area contributed by atoms with Gasteiger partial charge < -0.3 is 14.2 Å². The summed E-state index contributed by atoms with van der Waals surface area (Å²) in [4.78, 5) is 21.5. The smallest absolute Gasteiger partial charge is 0.336 e. The summed E-state index contributed by atoms with van der Waals surface area (Å²) in [6.45, 7) is 2.28. The maximum absolute atomic E-state index is 11.7. The Bertz CT molecular complexity index is 1950. The van der Waals surface area contributed by atoms with E-state index in [9.17, 15) is 9.90 Å². The summed E-state index contributed by atoms with van der Waals surface area (Å²) in [5.74, 6) is 0.395. The van der Waals surface area contributed by atoms with Gasteiger partial charge in [0.1, 0.15) is 11.6 Å². The molecule has 6 nitrogen and oxygen atoms in total. The molecule has 4 aromatic carbocycles. The summed E-state index contributed by atoms with van der Waals surface area (Å²) in [5.41, 5.74) is 7.48. The number of aromatic nitrogens is 4. The molecule has 2 heterocycles. The Kier molecular flexibility index (Phi) is 5.38. The van der Waals surface area contributed by atoms with Crippen molar-refractivity contribution in [3.8, 4) is 22.5 Å². The van der Waals surface area contributed by atoms with Crippen LogP contribution in [0.1, 0.15) is 44.8 Å². The number of aryl methyl sites for hydroxylation is 3. The van der Waals surface area contributed by atoms with Crippen molar-refractivity contribution in [1.82, 2.24) is 19.1 Å². The first-order valence-corrected chi connectivity index (χ1v) is 13.1. The summed E-state index contributed by atoms with van der Waals surface area (Å²) in [6, 6.07) is 26.2. The summed E-state index contributed by atoms with van der Waals surface area (Å²) in [6.07, 6.45) is 1.72. The third-order valence-corrected chi connectivity index (χ3v) is 7.18. The number of nitrogens with zero attached hydrogens (tertiary/aromatic N) is 4. The van der Waals surface area contributed by atoms with E-state index in [-0.39, 0.29) is 5.56 Å². The quantitative estimate of drug-likeness (QED) is 0.226. The van der Waals surface area contributed by atoms with Crippen molar-refractivity contribution in [1.29, 1.82) is 0 Å². The number of fused-ring (bicyclic) bond motifs is 2. The molecule has 0 fully saturated rings. The lowest BCUT2D eigenvalue weighted by Gasteiger charge is -2.12. The molecule has 0 spiro atoms. The van der Waals surface area contributed by atoms with E-state index in [2.05, 4.69) is 11.5 Å². The van der Waals surface area contributed by atoms with Crippen molar-refractivity contribution in [3.05, 3.63) is 107 Å². The Labute approximate surface area is 231 Å². The summed E-state index contributed by atoms with van der Waals surface area (Å²) < 4.78 is 28.3. The van der Waals surface area contributed by atoms with Gasteiger partial charge in [-0.05, 0) is 65.9 Å². The van der Waals surface area contributed by atoms with E-state index in [0.717, 1.165) is 52.0 Å². The fourth-order valence-corrected chi connectivity index (χ4v) is 5.27. The van der Waals surface area contributed by atoms with E-state index < -0.39 is 12.9 Å². The monoisotopic (exact) mass is 518 g/mol. The molecule has 0 atom stereocenters. The number of carboxylic acids is 1. The van der Waals surface area contributed by atoms with E-state index >= 15 is 0 Å². The molecular weight excluding hydrogens is 485 g/mol. The van der Waals surface area contributed by atoms with Gasteiger partial charge in [-0.1, -0.05) is 61.5 Å². The Morgan fingerprint density at radius 1 is 0.923 bits per heavy atom. The second-order valence-electron chi connectivity index (χ2n) is 9.83. The van der Waals surface area contributed by atoms with Crippen LogP contribution >= 0.6 is 0 Å². The van der Waals surface area contributed by atoms with Crippen molar-refractivity contribution in [3.63, 3.8) is 0 Å². The third-order valence-electron chi connectivity index (χ3n) is 7.18. The molecule has 6 heteroatoms. The number of aromatic carboxylic acids is 1. The van der Waals surface area contributed by atoms with E-state index in [4.69, 9.17) is 14.1 Å². The van der Waals surface area contributed by atoms with E-state index in [0.29, 0.717) is 29.0 Å². The molecule has 0 radical (unpaired) electrons. The molecule has 6 aromatic rings. The average Bonchev–Trinajstić information content (AvgIpc) is 3.53. The molecule has 39 heavy (non-hydrogen) atoms. The minimum absolute atomic E-state index is 0.266. The predicted molar refractivity (Wildman–Crippen MR) is 156 cm³/mol. The molecule has 0 saturated heterocycles. The lowest BCUT2D eigenvalue weighted by Crippen LogP contribution is -2.05. The van der Waals surface area contributed by atoms with Gasteiger partial charge in [0, 0.05) is 29.6 Å². The van der Waals surface area contributed by atoms with Gasteiger partial charge in [-0.15, -0.1) is 0 Å². The van der Waals surface area contributed by atoms with E-state index in [1.165, 1.54) is 4.57 Å². The summed E-state index contributed by atoms with van der Waals surface area (Å²) in [7, 11) is 0. The van der Waals surface area contributed by atoms with E-state index in [1.54, 1.807) is 18.2 Å². The van der Waals surface area contributed by atoms with Crippen LogP contribution in [0.4, 0.5) is 0 Å². The number of rotatable bonds is 7. The first-order valence-electron chi connectivity index (χ1n) is 14.6. The van der Waals surface area contributed by atoms with Crippen LogP contribution in [0.25, 0.3) is 44.6 Å². The lowest BCUT2D eigenvalue weighted by molar-refractivity contribution is 0.0697. The summed E-state index contributed by atoms with van der Waals surface area (Å²) in [5, 5.41) is 9.62. The number of imidazole rings is 2. The van der Waals surface area contributed by atoms with Crippen LogP contribution in [-0.2, 0) is 19.9 Å². The van der Waals surface area contributed by atoms with Gasteiger partial charge in [-0.3, -0.25) is 0 Å². The molecule has 1 N–H and O–H groups in total. The number of hydrogen-bond donors (Lipinski definition) is 1. The number of para-hydroxylation sites is 2. The van der Waals surface area contributed by atoms with Crippen molar-refractivity contribution in [2.24, 2.45) is 6.98 Å². The van der Waals surface area contributed by atoms with Gasteiger partial charge >= 0.3 is 5.97 Å². The molecule has 6 rings (SSSR count). The highest BCUT2D eigenvalue weighted by Gasteiger charge is 2.17. The highest BCUT2D eigenvalue weighted by atomic mass is 16.4. The van der Waals surface area contributed by atoms with Gasteiger partial charge in [0.2, 0.25) is 0 Å². The SMILES string of the molecule is [2H][13C]([2H])([2H])n1c(-c2cc(C)c3nc(CCC)n(Cc4ccc(-c5ccccc5C(=O)O)cc4)c3c2)nc2ccccc21. The number of hydrogen-bond acceptors (Lipinski definition) is 3. The summed E-state index contributed by atoms with van der Waals surface area (Å²) >= 11 is 0. The highest BCUT2D eigenvalue weighted by molar-refractivity contribution is 5.96. The molecule has 194 valence electrons. The Hall–Kier alpha value is -4.71. The van der Waals surface area contributed by atoms with Crippen molar-refractivity contribution in [2.75, 3.05) is 0 Å². The van der Waals surface area contributed by atoms with Crippen molar-refractivity contribution >= 4 is 28.0 Å². The minimum Gasteiger partial charge on any atom is -0.478 e. The number of benzene rings is 4. The van der Waals surface area contributed by atoms with Gasteiger partial charge in [0.15, 0.2) is 0 Å². The standard InChI is InChI=1S/C33H30N4O2/c1-4-9-30-35-31-21(2)18-24(32-34-27-12-7-8-13-28(27)36(32)3)19-29(31)37(30)20-22-14-16-23(17-15-22)25-10-5-6-11-26(25)33(38)39/h5-8,10-19H,4,9,20H2,1-3H3,(H,38,39)/i3+1D3. The average molecular weight is 519 g/mol. The first kappa shape index (κ1) is 21.2. The van der Waals surface area contributed by atoms with Gasteiger partial charge in [0.05, 0.1) is 27.6 Å². The largest absolute Gasteiger partial charge is 0.478 e. The molecule has 0 saturated carbocycles. The Morgan fingerprint density at radius 2 is 1.69 bits per heavy atom. The molecule has 0 aliphatic carbocycles. The molecule has 0 unspecified atom stereocenters. The minimum atomic E-state index is -2.40. The van der Waals surface area contributed by atoms with Gasteiger partial charge in [-0.2, -0.15) is 0 Å². The zero-order valence-electron chi connectivity index (χ0n) is 24.8. The second-order valence-corrected chi connectivity index (χ2v) is 9.83. The molecule has 2 aromatic heterocycles. The molecule has 0 amide bonds. The lowest BCUT2D eigenvalue weighted by atomic mass is 9.98. The Morgan fingerprint density at radius 3 is 2.46 bits per heavy atom. The number of carbonyl (C=O) groups is 1. The van der Waals surface area contributed by atoms with Crippen LogP contribution in [-0.4, -0.2) is 30.2 Å². The molecule has 0 aliphatic rings. The van der Waals surface area contributed by atoms with Crippen LogP contribution in [0.3, 0.4) is 0 Å².